The number of H-pyrrole nitrogens is 1. The first-order chi connectivity index (χ1) is 8.18. The van der Waals surface area contributed by atoms with Gasteiger partial charge in [-0.15, -0.1) is 0 Å². The molecule has 2 aromatic rings. The van der Waals surface area contributed by atoms with Gasteiger partial charge in [0.1, 0.15) is 0 Å². The SMILES string of the molecule is CN(C)CCNCc1[nH]c2ccccc2c1Cl. The maximum absolute atomic E-state index is 6.32. The largest absolute Gasteiger partial charge is 0.356 e. The van der Waals surface area contributed by atoms with E-state index in [1.807, 2.05) is 24.3 Å². The van der Waals surface area contributed by atoms with Crippen molar-refractivity contribution in [3.05, 3.63) is 35.0 Å². The summed E-state index contributed by atoms with van der Waals surface area (Å²) in [5, 5.41) is 5.30. The van der Waals surface area contributed by atoms with Crippen LogP contribution < -0.4 is 5.32 Å². The molecule has 2 rings (SSSR count). The summed E-state index contributed by atoms with van der Waals surface area (Å²) in [6.45, 7) is 2.76. The average Bonchev–Trinajstić information content (AvgIpc) is 2.63. The van der Waals surface area contributed by atoms with Gasteiger partial charge < -0.3 is 15.2 Å². The van der Waals surface area contributed by atoms with Crippen LogP contribution in [0.2, 0.25) is 5.02 Å². The van der Waals surface area contributed by atoms with Gasteiger partial charge in [0.2, 0.25) is 0 Å². The number of nitrogens with zero attached hydrogens (tertiary/aromatic N) is 1. The number of hydrogen-bond acceptors (Lipinski definition) is 2. The van der Waals surface area contributed by atoms with Gasteiger partial charge in [0, 0.05) is 36.2 Å². The normalized spacial score (nSPS) is 11.5. The second-order valence-electron chi connectivity index (χ2n) is 4.44. The number of likely N-dealkylation sites (N-methyl/N-ethyl adjacent to an activating group) is 1. The summed E-state index contributed by atoms with van der Waals surface area (Å²) in [7, 11) is 4.13. The Hall–Kier alpha value is -1.03. The third-order valence-corrected chi connectivity index (χ3v) is 3.18. The molecule has 0 fully saturated rings. The molecule has 3 nitrogen and oxygen atoms in total. The Bertz CT molecular complexity index is 490. The summed E-state index contributed by atoms with van der Waals surface area (Å²) in [6.07, 6.45) is 0. The first kappa shape index (κ1) is 12.4. The molecule has 92 valence electrons. The molecule has 0 aliphatic rings. The molecule has 0 spiro atoms. The van der Waals surface area contributed by atoms with Crippen LogP contribution in [0.1, 0.15) is 5.69 Å². The van der Waals surface area contributed by atoms with Crippen molar-refractivity contribution < 1.29 is 0 Å². The van der Waals surface area contributed by atoms with Gasteiger partial charge >= 0.3 is 0 Å². The molecule has 1 aromatic heterocycles. The van der Waals surface area contributed by atoms with Crippen LogP contribution in [-0.2, 0) is 6.54 Å². The van der Waals surface area contributed by atoms with Crippen molar-refractivity contribution in [1.82, 2.24) is 15.2 Å². The Morgan fingerprint density at radius 3 is 2.76 bits per heavy atom. The van der Waals surface area contributed by atoms with E-state index in [1.165, 1.54) is 0 Å². The fraction of sp³-hybridized carbons (Fsp3) is 0.385. The van der Waals surface area contributed by atoms with E-state index >= 15 is 0 Å². The molecular formula is C13H18ClN3. The number of halogens is 1. The summed E-state index contributed by atoms with van der Waals surface area (Å²) in [5.41, 5.74) is 2.16. The van der Waals surface area contributed by atoms with Crippen LogP contribution >= 0.6 is 11.6 Å². The Morgan fingerprint density at radius 1 is 1.29 bits per heavy atom. The molecule has 0 atom stereocenters. The van der Waals surface area contributed by atoms with Crippen molar-refractivity contribution in [2.45, 2.75) is 6.54 Å². The minimum Gasteiger partial charge on any atom is -0.356 e. The van der Waals surface area contributed by atoms with Crippen LogP contribution in [0.3, 0.4) is 0 Å². The van der Waals surface area contributed by atoms with Crippen LogP contribution in [-0.4, -0.2) is 37.1 Å². The summed E-state index contributed by atoms with van der Waals surface area (Å²) in [4.78, 5) is 5.50. The quantitative estimate of drug-likeness (QED) is 0.800. The summed E-state index contributed by atoms with van der Waals surface area (Å²) < 4.78 is 0. The van der Waals surface area contributed by atoms with Crippen molar-refractivity contribution in [3.8, 4) is 0 Å². The maximum Gasteiger partial charge on any atom is 0.0705 e. The Kier molecular flexibility index (Phi) is 4.05. The van der Waals surface area contributed by atoms with Crippen molar-refractivity contribution in [2.24, 2.45) is 0 Å². The van der Waals surface area contributed by atoms with E-state index in [-0.39, 0.29) is 0 Å². The van der Waals surface area contributed by atoms with Crippen LogP contribution in [0.25, 0.3) is 10.9 Å². The highest BCUT2D eigenvalue weighted by Gasteiger charge is 2.07. The highest BCUT2D eigenvalue weighted by molar-refractivity contribution is 6.36. The van der Waals surface area contributed by atoms with Gasteiger partial charge in [0.05, 0.1) is 5.02 Å². The Morgan fingerprint density at radius 2 is 2.06 bits per heavy atom. The zero-order valence-corrected chi connectivity index (χ0v) is 11.0. The lowest BCUT2D eigenvalue weighted by atomic mass is 10.2. The van der Waals surface area contributed by atoms with Gasteiger partial charge in [-0.25, -0.2) is 0 Å². The lowest BCUT2D eigenvalue weighted by Gasteiger charge is -2.09. The van der Waals surface area contributed by atoms with Crippen molar-refractivity contribution >= 4 is 22.5 Å². The van der Waals surface area contributed by atoms with E-state index in [9.17, 15) is 0 Å². The number of benzene rings is 1. The second-order valence-corrected chi connectivity index (χ2v) is 4.82. The van der Waals surface area contributed by atoms with Crippen LogP contribution in [0.15, 0.2) is 24.3 Å². The zero-order chi connectivity index (χ0) is 12.3. The monoisotopic (exact) mass is 251 g/mol. The standard InChI is InChI=1S/C13H18ClN3/c1-17(2)8-7-15-9-12-13(14)10-5-3-4-6-11(10)16-12/h3-6,15-16H,7-9H2,1-2H3. The first-order valence-electron chi connectivity index (χ1n) is 5.79. The lowest BCUT2D eigenvalue weighted by molar-refractivity contribution is 0.399. The summed E-state index contributed by atoms with van der Waals surface area (Å²) in [6, 6.07) is 8.10. The number of nitrogens with one attached hydrogen (secondary N) is 2. The van der Waals surface area contributed by atoms with E-state index in [2.05, 4.69) is 29.3 Å². The number of rotatable bonds is 5. The van der Waals surface area contributed by atoms with Gasteiger partial charge in [-0.2, -0.15) is 0 Å². The molecule has 0 saturated carbocycles. The Balaban J connectivity index is 2.01. The molecule has 0 unspecified atom stereocenters. The fourth-order valence-electron chi connectivity index (χ4n) is 1.80. The highest BCUT2D eigenvalue weighted by atomic mass is 35.5. The fourth-order valence-corrected chi connectivity index (χ4v) is 2.08. The van der Waals surface area contributed by atoms with Gasteiger partial charge in [-0.1, -0.05) is 29.8 Å². The molecule has 0 amide bonds. The van der Waals surface area contributed by atoms with Crippen molar-refractivity contribution in [3.63, 3.8) is 0 Å². The molecular weight excluding hydrogens is 234 g/mol. The van der Waals surface area contributed by atoms with Crippen LogP contribution in [0.5, 0.6) is 0 Å². The zero-order valence-electron chi connectivity index (χ0n) is 10.3. The lowest BCUT2D eigenvalue weighted by Crippen LogP contribution is -2.26. The first-order valence-corrected chi connectivity index (χ1v) is 6.17. The molecule has 1 aromatic carbocycles. The second kappa shape index (κ2) is 5.54. The summed E-state index contributed by atoms with van der Waals surface area (Å²) >= 11 is 6.32. The number of fused-ring (bicyclic) bond motifs is 1. The van der Waals surface area contributed by atoms with E-state index in [0.29, 0.717) is 0 Å². The molecule has 0 radical (unpaired) electrons. The molecule has 17 heavy (non-hydrogen) atoms. The molecule has 1 heterocycles. The van der Waals surface area contributed by atoms with Crippen LogP contribution in [0, 0.1) is 0 Å². The smallest absolute Gasteiger partial charge is 0.0705 e. The summed E-state index contributed by atoms with van der Waals surface area (Å²) in [5.74, 6) is 0. The van der Waals surface area contributed by atoms with Crippen molar-refractivity contribution in [2.75, 3.05) is 27.2 Å². The number of para-hydroxylation sites is 1. The molecule has 2 N–H and O–H groups in total. The Labute approximate surface area is 107 Å². The van der Waals surface area contributed by atoms with Gasteiger partial charge in [-0.3, -0.25) is 0 Å². The number of hydrogen-bond donors (Lipinski definition) is 2. The molecule has 0 saturated heterocycles. The highest BCUT2D eigenvalue weighted by Crippen LogP contribution is 2.26. The predicted octanol–water partition coefficient (Wildman–Crippen LogP) is 2.47. The minimum atomic E-state index is 0.779. The van der Waals surface area contributed by atoms with Crippen molar-refractivity contribution in [1.29, 1.82) is 0 Å². The molecule has 4 heteroatoms. The molecule has 0 aliphatic heterocycles. The van der Waals surface area contributed by atoms with E-state index in [1.54, 1.807) is 0 Å². The van der Waals surface area contributed by atoms with Gasteiger partial charge in [-0.05, 0) is 20.2 Å². The number of aromatic amines is 1. The minimum absolute atomic E-state index is 0.779. The van der Waals surface area contributed by atoms with E-state index in [0.717, 1.165) is 41.3 Å². The number of aromatic nitrogens is 1. The maximum atomic E-state index is 6.32. The van der Waals surface area contributed by atoms with Gasteiger partial charge in [0.15, 0.2) is 0 Å². The predicted molar refractivity (Wildman–Crippen MR) is 73.6 cm³/mol. The van der Waals surface area contributed by atoms with E-state index < -0.39 is 0 Å². The molecule has 0 aliphatic carbocycles. The van der Waals surface area contributed by atoms with E-state index in [4.69, 9.17) is 11.6 Å². The molecule has 0 bridgehead atoms. The third-order valence-electron chi connectivity index (χ3n) is 2.75. The van der Waals surface area contributed by atoms with Gasteiger partial charge in [0.25, 0.3) is 0 Å². The third kappa shape index (κ3) is 3.00. The topological polar surface area (TPSA) is 31.1 Å². The van der Waals surface area contributed by atoms with Crippen LogP contribution in [0.4, 0.5) is 0 Å². The average molecular weight is 252 g/mol.